The Morgan fingerprint density at radius 2 is 2.03 bits per heavy atom. The Kier molecular flexibility index (Phi) is 6.55. The van der Waals surface area contributed by atoms with E-state index in [4.69, 9.17) is 11.6 Å². The van der Waals surface area contributed by atoms with Crippen molar-refractivity contribution in [2.24, 2.45) is 0 Å². The van der Waals surface area contributed by atoms with E-state index in [-0.39, 0.29) is 16.7 Å². The van der Waals surface area contributed by atoms with Crippen LogP contribution in [0.2, 0.25) is 5.02 Å². The van der Waals surface area contributed by atoms with Gasteiger partial charge in [-0.15, -0.1) is 23.1 Å². The third-order valence-electron chi connectivity index (χ3n) is 5.53. The van der Waals surface area contributed by atoms with Crippen molar-refractivity contribution < 1.29 is 4.79 Å². The Morgan fingerprint density at radius 3 is 2.71 bits per heavy atom. The van der Waals surface area contributed by atoms with E-state index in [0.717, 1.165) is 34.2 Å². The smallest absolute Gasteiger partial charge is 0.259 e. The van der Waals surface area contributed by atoms with Gasteiger partial charge in [0.2, 0.25) is 5.91 Å². The SMILES string of the molecule is Cc1sc2nc(CSC(C)C(=O)N3CCN(c4ccc(Cl)cn4)CC3)[nH]c(=O)c2c1C. The van der Waals surface area contributed by atoms with Gasteiger partial charge in [0.05, 0.1) is 21.4 Å². The number of aromatic nitrogens is 3. The highest BCUT2D eigenvalue weighted by atomic mass is 35.5. The minimum absolute atomic E-state index is 0.103. The average molecular weight is 478 g/mol. The number of amides is 1. The molecule has 3 aromatic heterocycles. The number of H-pyrrole nitrogens is 1. The maximum absolute atomic E-state index is 12.9. The van der Waals surface area contributed by atoms with Crippen LogP contribution in [-0.4, -0.2) is 57.2 Å². The van der Waals surface area contributed by atoms with Gasteiger partial charge in [0.25, 0.3) is 5.56 Å². The molecule has 1 unspecified atom stereocenters. The fourth-order valence-electron chi connectivity index (χ4n) is 3.61. The van der Waals surface area contributed by atoms with E-state index >= 15 is 0 Å². The first-order valence-corrected chi connectivity index (χ1v) is 12.3. The van der Waals surface area contributed by atoms with Gasteiger partial charge in [-0.25, -0.2) is 9.97 Å². The lowest BCUT2D eigenvalue weighted by molar-refractivity contribution is -0.130. The summed E-state index contributed by atoms with van der Waals surface area (Å²) in [5, 5.41) is 1.07. The number of halogens is 1. The first kappa shape index (κ1) is 22.1. The van der Waals surface area contributed by atoms with Gasteiger partial charge >= 0.3 is 0 Å². The van der Waals surface area contributed by atoms with E-state index in [2.05, 4.69) is 19.9 Å². The molecule has 0 aromatic carbocycles. The zero-order valence-corrected chi connectivity index (χ0v) is 20.0. The van der Waals surface area contributed by atoms with Crippen molar-refractivity contribution in [3.63, 3.8) is 0 Å². The molecule has 1 atom stereocenters. The highest BCUT2D eigenvalue weighted by Gasteiger charge is 2.26. The molecular weight excluding hydrogens is 454 g/mol. The molecule has 0 spiro atoms. The van der Waals surface area contributed by atoms with Gasteiger partial charge in [-0.1, -0.05) is 11.6 Å². The fraction of sp³-hybridized carbons (Fsp3) is 0.429. The number of piperazine rings is 1. The summed E-state index contributed by atoms with van der Waals surface area (Å²) in [6.07, 6.45) is 1.64. The topological polar surface area (TPSA) is 82.2 Å². The molecule has 0 bridgehead atoms. The van der Waals surface area contributed by atoms with Crippen LogP contribution >= 0.6 is 34.7 Å². The van der Waals surface area contributed by atoms with Crippen molar-refractivity contribution in [1.82, 2.24) is 19.9 Å². The number of carbonyl (C=O) groups is 1. The van der Waals surface area contributed by atoms with Crippen molar-refractivity contribution in [3.05, 3.63) is 50.0 Å². The van der Waals surface area contributed by atoms with Crippen LogP contribution in [0.25, 0.3) is 10.2 Å². The Bertz CT molecular complexity index is 1150. The number of hydrogen-bond acceptors (Lipinski definition) is 7. The first-order valence-electron chi connectivity index (χ1n) is 10.1. The minimum Gasteiger partial charge on any atom is -0.353 e. The number of anilines is 1. The number of rotatable bonds is 5. The average Bonchev–Trinajstić information content (AvgIpc) is 3.06. The predicted octanol–water partition coefficient (Wildman–Crippen LogP) is 3.62. The van der Waals surface area contributed by atoms with Crippen LogP contribution in [0.3, 0.4) is 0 Å². The van der Waals surface area contributed by atoms with Gasteiger partial charge in [0.1, 0.15) is 16.5 Å². The summed E-state index contributed by atoms with van der Waals surface area (Å²) < 4.78 is 0. The standard InChI is InChI=1S/C21H24ClN5O2S2/c1-12-13(2)31-20-18(12)19(28)24-16(25-20)11-30-14(3)21(29)27-8-6-26(7-9-27)17-5-4-15(22)10-23-17/h4-5,10,14H,6-9,11H2,1-3H3,(H,24,25,28). The van der Waals surface area contributed by atoms with Crippen molar-refractivity contribution in [2.45, 2.75) is 31.8 Å². The number of nitrogens with one attached hydrogen (secondary N) is 1. The molecule has 1 N–H and O–H groups in total. The van der Waals surface area contributed by atoms with Crippen LogP contribution < -0.4 is 10.5 Å². The molecule has 10 heteroatoms. The second-order valence-corrected chi connectivity index (χ2v) is 10.5. The van der Waals surface area contributed by atoms with Gasteiger partial charge in [-0.05, 0) is 38.5 Å². The molecule has 1 aliphatic heterocycles. The molecule has 0 radical (unpaired) electrons. The van der Waals surface area contributed by atoms with Crippen molar-refractivity contribution >= 4 is 56.6 Å². The quantitative estimate of drug-likeness (QED) is 0.604. The van der Waals surface area contributed by atoms with Gasteiger partial charge < -0.3 is 14.8 Å². The van der Waals surface area contributed by atoms with Crippen LogP contribution in [0.5, 0.6) is 0 Å². The van der Waals surface area contributed by atoms with Gasteiger partial charge in [-0.3, -0.25) is 9.59 Å². The molecule has 3 aromatic rings. The van der Waals surface area contributed by atoms with Gasteiger partial charge in [0, 0.05) is 37.3 Å². The molecule has 1 fully saturated rings. The molecule has 4 heterocycles. The third-order valence-corrected chi connectivity index (χ3v) is 8.00. The third kappa shape index (κ3) is 4.73. The molecule has 1 saturated heterocycles. The molecule has 4 rings (SSSR count). The van der Waals surface area contributed by atoms with E-state index in [1.807, 2.05) is 37.8 Å². The molecule has 164 valence electrons. The zero-order valence-electron chi connectivity index (χ0n) is 17.6. The summed E-state index contributed by atoms with van der Waals surface area (Å²) in [6.45, 7) is 8.64. The molecule has 1 amide bonds. The van der Waals surface area contributed by atoms with Crippen molar-refractivity contribution in [1.29, 1.82) is 0 Å². The number of aryl methyl sites for hydroxylation is 2. The number of fused-ring (bicyclic) bond motifs is 1. The summed E-state index contributed by atoms with van der Waals surface area (Å²) in [7, 11) is 0. The second kappa shape index (κ2) is 9.18. The van der Waals surface area contributed by atoms with E-state index in [9.17, 15) is 9.59 Å². The van der Waals surface area contributed by atoms with Gasteiger partial charge in [0.15, 0.2) is 0 Å². The largest absolute Gasteiger partial charge is 0.353 e. The van der Waals surface area contributed by atoms with Crippen LogP contribution in [0.1, 0.15) is 23.2 Å². The van der Waals surface area contributed by atoms with Crippen molar-refractivity contribution in [2.75, 3.05) is 31.1 Å². The second-order valence-electron chi connectivity index (χ2n) is 7.58. The molecule has 7 nitrogen and oxygen atoms in total. The van der Waals surface area contributed by atoms with Crippen LogP contribution in [-0.2, 0) is 10.5 Å². The summed E-state index contributed by atoms with van der Waals surface area (Å²) in [4.78, 5) is 43.1. The van der Waals surface area contributed by atoms with Crippen molar-refractivity contribution in [3.8, 4) is 0 Å². The zero-order chi connectivity index (χ0) is 22.1. The Balaban J connectivity index is 1.33. The predicted molar refractivity (Wildman–Crippen MR) is 129 cm³/mol. The summed E-state index contributed by atoms with van der Waals surface area (Å²) in [5.74, 6) is 2.09. The molecule has 0 saturated carbocycles. The molecule has 1 aliphatic rings. The summed E-state index contributed by atoms with van der Waals surface area (Å²) >= 11 is 8.94. The number of carbonyl (C=O) groups excluding carboxylic acids is 1. The normalized spacial score (nSPS) is 15.5. The van der Waals surface area contributed by atoms with E-state index in [1.165, 1.54) is 23.1 Å². The number of nitrogens with zero attached hydrogens (tertiary/aromatic N) is 4. The number of aromatic amines is 1. The Morgan fingerprint density at radius 1 is 1.29 bits per heavy atom. The number of thiophene rings is 1. The van der Waals surface area contributed by atoms with Crippen LogP contribution in [0, 0.1) is 13.8 Å². The minimum atomic E-state index is -0.215. The fourth-order valence-corrected chi connectivity index (χ4v) is 5.61. The van der Waals surface area contributed by atoms with Crippen LogP contribution in [0.4, 0.5) is 5.82 Å². The lowest BCUT2D eigenvalue weighted by Crippen LogP contribution is -2.50. The van der Waals surface area contributed by atoms with Gasteiger partial charge in [-0.2, -0.15) is 0 Å². The number of hydrogen-bond donors (Lipinski definition) is 1. The Hall–Kier alpha value is -2.10. The molecular formula is C21H24ClN5O2S2. The Labute approximate surface area is 193 Å². The lowest BCUT2D eigenvalue weighted by atomic mass is 10.2. The highest BCUT2D eigenvalue weighted by Crippen LogP contribution is 2.27. The maximum atomic E-state index is 12.9. The first-order chi connectivity index (χ1) is 14.8. The van der Waals surface area contributed by atoms with E-state index in [0.29, 0.717) is 35.1 Å². The van der Waals surface area contributed by atoms with E-state index < -0.39 is 0 Å². The molecule has 0 aliphatic carbocycles. The monoisotopic (exact) mass is 477 g/mol. The summed E-state index contributed by atoms with van der Waals surface area (Å²) in [6, 6.07) is 3.73. The lowest BCUT2D eigenvalue weighted by Gasteiger charge is -2.36. The molecule has 31 heavy (non-hydrogen) atoms. The highest BCUT2D eigenvalue weighted by molar-refractivity contribution is 7.99. The number of thioether (sulfide) groups is 1. The summed E-state index contributed by atoms with van der Waals surface area (Å²) in [5.41, 5.74) is 0.887. The maximum Gasteiger partial charge on any atom is 0.259 e. The van der Waals surface area contributed by atoms with Crippen LogP contribution in [0.15, 0.2) is 23.1 Å². The number of pyridine rings is 1. The van der Waals surface area contributed by atoms with E-state index in [1.54, 1.807) is 6.20 Å².